The van der Waals surface area contributed by atoms with Gasteiger partial charge in [-0.2, -0.15) is 0 Å². The van der Waals surface area contributed by atoms with Gasteiger partial charge in [0.2, 0.25) is 0 Å². The van der Waals surface area contributed by atoms with Gasteiger partial charge in [-0.3, -0.25) is 9.78 Å². The molecule has 4 rings (SSSR count). The van der Waals surface area contributed by atoms with Gasteiger partial charge in [0.1, 0.15) is 5.82 Å². The van der Waals surface area contributed by atoms with Crippen LogP contribution in [0.2, 0.25) is 5.02 Å². The topological polar surface area (TPSA) is 72.7 Å². The predicted octanol–water partition coefficient (Wildman–Crippen LogP) is 4.00. The second-order valence-electron chi connectivity index (χ2n) is 5.31. The number of rotatable bonds is 3. The Morgan fingerprint density at radius 3 is 2.84 bits per heavy atom. The molecule has 0 aromatic carbocycles. The monoisotopic (exact) mass is 369 g/mol. The smallest absolute Gasteiger partial charge is 0.292 e. The lowest BCUT2D eigenvalue weighted by molar-refractivity contribution is 0.101. The van der Waals surface area contributed by atoms with Crippen LogP contribution >= 0.6 is 22.9 Å². The van der Waals surface area contributed by atoms with Gasteiger partial charge >= 0.3 is 0 Å². The highest BCUT2D eigenvalue weighted by Crippen LogP contribution is 2.36. The van der Waals surface area contributed by atoms with Crippen molar-refractivity contribution in [3.05, 3.63) is 59.8 Å². The number of halogens is 1. The van der Waals surface area contributed by atoms with Crippen LogP contribution in [0.4, 0.5) is 5.82 Å². The van der Waals surface area contributed by atoms with E-state index < -0.39 is 0 Å². The molecule has 8 heteroatoms. The summed E-state index contributed by atoms with van der Waals surface area (Å²) in [5, 5.41) is 3.40. The van der Waals surface area contributed by atoms with Crippen molar-refractivity contribution in [1.29, 1.82) is 0 Å². The van der Waals surface area contributed by atoms with Crippen molar-refractivity contribution in [2.75, 3.05) is 5.32 Å². The van der Waals surface area contributed by atoms with Crippen molar-refractivity contribution in [3.63, 3.8) is 0 Å². The molecule has 0 radical (unpaired) electrons. The molecule has 0 aliphatic carbocycles. The number of nitrogens with one attached hydrogen (secondary N) is 1. The van der Waals surface area contributed by atoms with Gasteiger partial charge in [0.05, 0.1) is 32.0 Å². The van der Waals surface area contributed by atoms with E-state index in [0.29, 0.717) is 16.7 Å². The molecule has 6 nitrogen and oxygen atoms in total. The summed E-state index contributed by atoms with van der Waals surface area (Å²) in [5.41, 5.74) is 1.65. The molecular formula is C17H12ClN5OS. The first kappa shape index (κ1) is 15.7. The largest absolute Gasteiger partial charge is 0.322 e. The van der Waals surface area contributed by atoms with Crippen molar-refractivity contribution in [3.8, 4) is 10.6 Å². The molecule has 1 N–H and O–H groups in total. The van der Waals surface area contributed by atoms with E-state index in [4.69, 9.17) is 11.6 Å². The number of anilines is 1. The van der Waals surface area contributed by atoms with Crippen LogP contribution in [-0.2, 0) is 7.05 Å². The number of carbonyl (C=O) groups excluding carboxylic acids is 1. The van der Waals surface area contributed by atoms with Gasteiger partial charge in [0, 0.05) is 19.4 Å². The molecule has 25 heavy (non-hydrogen) atoms. The number of amides is 1. The fourth-order valence-corrected chi connectivity index (χ4v) is 3.83. The molecule has 4 aromatic rings. The van der Waals surface area contributed by atoms with Crippen molar-refractivity contribution in [1.82, 2.24) is 19.5 Å². The van der Waals surface area contributed by atoms with Crippen molar-refractivity contribution < 1.29 is 4.79 Å². The van der Waals surface area contributed by atoms with Gasteiger partial charge in [-0.15, -0.1) is 11.3 Å². The molecule has 0 spiro atoms. The van der Waals surface area contributed by atoms with Crippen LogP contribution in [0, 0.1) is 0 Å². The van der Waals surface area contributed by atoms with Gasteiger partial charge < -0.3 is 9.88 Å². The number of nitrogens with zero attached hydrogens (tertiary/aromatic N) is 4. The number of hydrogen-bond donors (Lipinski definition) is 1. The van der Waals surface area contributed by atoms with Gasteiger partial charge in [-0.1, -0.05) is 17.7 Å². The van der Waals surface area contributed by atoms with Crippen LogP contribution in [0.1, 0.15) is 10.6 Å². The first-order valence-electron chi connectivity index (χ1n) is 7.42. The van der Waals surface area contributed by atoms with E-state index in [2.05, 4.69) is 20.3 Å². The Kier molecular flexibility index (Phi) is 3.95. The Balaban J connectivity index is 1.68. The minimum atomic E-state index is -0.315. The van der Waals surface area contributed by atoms with Crippen molar-refractivity contribution in [2.45, 2.75) is 0 Å². The Morgan fingerprint density at radius 1 is 1.20 bits per heavy atom. The Hall–Kier alpha value is -2.77. The van der Waals surface area contributed by atoms with Crippen LogP contribution < -0.4 is 5.32 Å². The normalized spacial score (nSPS) is 11.0. The van der Waals surface area contributed by atoms with Crippen LogP contribution in [-0.4, -0.2) is 25.4 Å². The van der Waals surface area contributed by atoms with E-state index in [0.717, 1.165) is 20.8 Å². The highest BCUT2D eigenvalue weighted by Gasteiger charge is 2.18. The number of imidazole rings is 1. The maximum atomic E-state index is 12.4. The number of aromatic nitrogens is 4. The third kappa shape index (κ3) is 2.88. The molecule has 0 saturated carbocycles. The second kappa shape index (κ2) is 6.27. The van der Waals surface area contributed by atoms with E-state index in [9.17, 15) is 4.79 Å². The molecule has 0 fully saturated rings. The summed E-state index contributed by atoms with van der Waals surface area (Å²) < 4.78 is 2.66. The van der Waals surface area contributed by atoms with Crippen LogP contribution in [0.5, 0.6) is 0 Å². The Morgan fingerprint density at radius 2 is 2.08 bits per heavy atom. The highest BCUT2D eigenvalue weighted by molar-refractivity contribution is 7.22. The number of thiophene rings is 1. The van der Waals surface area contributed by atoms with Gasteiger partial charge in [0.25, 0.3) is 5.91 Å². The number of hydrogen-bond acceptors (Lipinski definition) is 5. The lowest BCUT2D eigenvalue weighted by Crippen LogP contribution is -2.17. The van der Waals surface area contributed by atoms with Crippen LogP contribution in [0.15, 0.2) is 48.9 Å². The number of pyridine rings is 2. The first-order chi connectivity index (χ1) is 12.1. The zero-order valence-electron chi connectivity index (χ0n) is 13.1. The summed E-state index contributed by atoms with van der Waals surface area (Å²) in [7, 11) is 1.80. The van der Waals surface area contributed by atoms with Gasteiger partial charge in [0.15, 0.2) is 5.82 Å². The molecule has 0 aliphatic heterocycles. The maximum Gasteiger partial charge on any atom is 0.292 e. The Labute approximate surface area is 152 Å². The standard InChI is InChI=1S/C17H12ClN5OS/c1-23-12(13-8-11-15(25-13)10(18)5-7-19-11)9-21-16(23)17(24)22-14-4-2-3-6-20-14/h2-9H,1H3,(H,20,22,24). The molecule has 124 valence electrons. The lowest BCUT2D eigenvalue weighted by Gasteiger charge is -2.05. The average molecular weight is 370 g/mol. The third-order valence-corrected chi connectivity index (χ3v) is 5.32. The summed E-state index contributed by atoms with van der Waals surface area (Å²) in [4.78, 5) is 26.1. The third-order valence-electron chi connectivity index (χ3n) is 3.71. The predicted molar refractivity (Wildman–Crippen MR) is 99.0 cm³/mol. The summed E-state index contributed by atoms with van der Waals surface area (Å²) in [6, 6.07) is 9.03. The SMILES string of the molecule is Cn1c(-c2cc3nccc(Cl)c3s2)cnc1C(=O)Nc1ccccn1. The Bertz CT molecular complexity index is 1070. The summed E-state index contributed by atoms with van der Waals surface area (Å²) >= 11 is 7.74. The highest BCUT2D eigenvalue weighted by atomic mass is 35.5. The average Bonchev–Trinajstić information content (AvgIpc) is 3.20. The zero-order chi connectivity index (χ0) is 17.4. The lowest BCUT2D eigenvalue weighted by atomic mass is 10.3. The second-order valence-corrected chi connectivity index (χ2v) is 6.77. The van der Waals surface area contributed by atoms with Gasteiger partial charge in [-0.05, 0) is 24.3 Å². The minimum Gasteiger partial charge on any atom is -0.322 e. The molecule has 0 aliphatic rings. The van der Waals surface area contributed by atoms with Crippen LogP contribution in [0.25, 0.3) is 20.8 Å². The molecule has 1 amide bonds. The van der Waals surface area contributed by atoms with Crippen molar-refractivity contribution >= 4 is 44.9 Å². The van der Waals surface area contributed by atoms with Crippen LogP contribution in [0.3, 0.4) is 0 Å². The fourth-order valence-electron chi connectivity index (χ4n) is 2.49. The van der Waals surface area contributed by atoms with E-state index in [-0.39, 0.29) is 5.91 Å². The molecule has 4 aromatic heterocycles. The molecule has 0 saturated heterocycles. The first-order valence-corrected chi connectivity index (χ1v) is 8.61. The minimum absolute atomic E-state index is 0.303. The molecular weight excluding hydrogens is 358 g/mol. The number of fused-ring (bicyclic) bond motifs is 1. The number of carbonyl (C=O) groups is 1. The van der Waals surface area contributed by atoms with E-state index in [1.165, 1.54) is 11.3 Å². The fraction of sp³-hybridized carbons (Fsp3) is 0.0588. The maximum absolute atomic E-state index is 12.4. The summed E-state index contributed by atoms with van der Waals surface area (Å²) in [6.45, 7) is 0. The summed E-state index contributed by atoms with van der Waals surface area (Å²) in [5.74, 6) is 0.469. The molecule has 4 heterocycles. The zero-order valence-corrected chi connectivity index (χ0v) is 14.7. The quantitative estimate of drug-likeness (QED) is 0.592. The van der Waals surface area contributed by atoms with E-state index >= 15 is 0 Å². The van der Waals surface area contributed by atoms with E-state index in [1.54, 1.807) is 54.5 Å². The van der Waals surface area contributed by atoms with Crippen molar-refractivity contribution in [2.24, 2.45) is 7.05 Å². The molecule has 0 atom stereocenters. The van der Waals surface area contributed by atoms with E-state index in [1.807, 2.05) is 6.07 Å². The molecule has 0 bridgehead atoms. The summed E-state index contributed by atoms with van der Waals surface area (Å²) in [6.07, 6.45) is 4.97. The molecule has 0 unspecified atom stereocenters. The van der Waals surface area contributed by atoms with Gasteiger partial charge in [-0.25, -0.2) is 9.97 Å².